The number of carbonyl (C=O) groups is 3. The number of ether oxygens (including phenoxy) is 1. The first kappa shape index (κ1) is 29.3. The summed E-state index contributed by atoms with van der Waals surface area (Å²) >= 11 is 0. The number of nitrogens with one attached hydrogen (secondary N) is 3. The van der Waals surface area contributed by atoms with Crippen LogP contribution >= 0.6 is 0 Å². The molecule has 2 aromatic carbocycles. The van der Waals surface area contributed by atoms with E-state index in [-0.39, 0.29) is 34.7 Å². The molecular formula is C28H31F2N5O4. The molecule has 0 spiro atoms. The SMILES string of the molecule is CC(C#Cc1ccc(C(=N)N2CCNCC2C)c(F)c1)C(=O)NC=O.COc1ccc2c(c1F)C(=O)N(C)C2. The van der Waals surface area contributed by atoms with Gasteiger partial charge >= 0.3 is 0 Å². The van der Waals surface area contributed by atoms with Crippen molar-refractivity contribution < 1.29 is 27.9 Å². The Hall–Kier alpha value is -4.30. The summed E-state index contributed by atoms with van der Waals surface area (Å²) in [6, 6.07) is 7.80. The van der Waals surface area contributed by atoms with E-state index in [0.29, 0.717) is 25.1 Å². The summed E-state index contributed by atoms with van der Waals surface area (Å²) in [7, 11) is 3.03. The third-order valence-electron chi connectivity index (χ3n) is 6.42. The molecule has 0 aromatic heterocycles. The van der Waals surface area contributed by atoms with E-state index in [1.165, 1.54) is 24.1 Å². The van der Waals surface area contributed by atoms with Crippen molar-refractivity contribution in [3.8, 4) is 17.6 Å². The first-order valence-electron chi connectivity index (χ1n) is 12.3. The number of hydrogen-bond acceptors (Lipinski definition) is 6. The summed E-state index contributed by atoms with van der Waals surface area (Å²) in [4.78, 5) is 36.5. The highest BCUT2D eigenvalue weighted by atomic mass is 19.1. The van der Waals surface area contributed by atoms with Gasteiger partial charge in [0.15, 0.2) is 11.6 Å². The fourth-order valence-electron chi connectivity index (χ4n) is 4.19. The van der Waals surface area contributed by atoms with E-state index in [9.17, 15) is 23.2 Å². The molecule has 11 heteroatoms. The Morgan fingerprint density at radius 2 is 2.05 bits per heavy atom. The van der Waals surface area contributed by atoms with E-state index in [4.69, 9.17) is 10.1 Å². The number of fused-ring (bicyclic) bond motifs is 1. The number of halogens is 2. The minimum absolute atomic E-state index is 0.118. The molecule has 2 unspecified atom stereocenters. The molecule has 1 saturated heterocycles. The Balaban J connectivity index is 0.000000252. The van der Waals surface area contributed by atoms with Gasteiger partial charge in [0.25, 0.3) is 5.91 Å². The van der Waals surface area contributed by atoms with Gasteiger partial charge in [-0.1, -0.05) is 17.9 Å². The van der Waals surface area contributed by atoms with Crippen LogP contribution in [0.1, 0.15) is 40.9 Å². The quantitative estimate of drug-likeness (QED) is 0.237. The van der Waals surface area contributed by atoms with E-state index < -0.39 is 23.5 Å². The Morgan fingerprint density at radius 3 is 2.69 bits per heavy atom. The molecule has 0 radical (unpaired) electrons. The summed E-state index contributed by atoms with van der Waals surface area (Å²) < 4.78 is 32.8. The number of benzene rings is 2. The summed E-state index contributed by atoms with van der Waals surface area (Å²) in [6.07, 6.45) is 0.303. The molecule has 39 heavy (non-hydrogen) atoms. The molecule has 4 rings (SSSR count). The summed E-state index contributed by atoms with van der Waals surface area (Å²) in [5, 5.41) is 13.5. The van der Waals surface area contributed by atoms with Crippen molar-refractivity contribution in [2.24, 2.45) is 5.92 Å². The van der Waals surface area contributed by atoms with Crippen LogP contribution in [-0.4, -0.2) is 73.7 Å². The fourth-order valence-corrected chi connectivity index (χ4v) is 4.19. The van der Waals surface area contributed by atoms with E-state index >= 15 is 0 Å². The van der Waals surface area contributed by atoms with Crippen molar-refractivity contribution in [1.82, 2.24) is 20.4 Å². The van der Waals surface area contributed by atoms with Gasteiger partial charge in [-0.05, 0) is 43.7 Å². The topological polar surface area (TPSA) is 115 Å². The maximum Gasteiger partial charge on any atom is 0.257 e. The number of carbonyl (C=O) groups excluding carboxylic acids is 3. The number of imide groups is 1. The number of hydrogen-bond donors (Lipinski definition) is 3. The van der Waals surface area contributed by atoms with Crippen molar-refractivity contribution in [3.63, 3.8) is 0 Å². The predicted molar refractivity (Wildman–Crippen MR) is 141 cm³/mol. The minimum atomic E-state index is -0.687. The average molecular weight is 540 g/mol. The van der Waals surface area contributed by atoms with E-state index in [1.807, 2.05) is 17.1 Å². The first-order valence-corrected chi connectivity index (χ1v) is 12.3. The Bertz CT molecular complexity index is 1340. The van der Waals surface area contributed by atoms with Crippen LogP contribution in [0, 0.1) is 34.8 Å². The zero-order valence-corrected chi connectivity index (χ0v) is 22.2. The highest BCUT2D eigenvalue weighted by molar-refractivity contribution is 5.99. The zero-order chi connectivity index (χ0) is 28.7. The van der Waals surface area contributed by atoms with Crippen LogP contribution in [0.3, 0.4) is 0 Å². The molecule has 2 heterocycles. The van der Waals surface area contributed by atoms with Crippen molar-refractivity contribution in [3.05, 3.63) is 64.2 Å². The van der Waals surface area contributed by atoms with Crippen molar-refractivity contribution in [2.75, 3.05) is 33.8 Å². The summed E-state index contributed by atoms with van der Waals surface area (Å²) in [5.74, 6) is 3.11. The van der Waals surface area contributed by atoms with Gasteiger partial charge in [-0.15, -0.1) is 0 Å². The van der Waals surface area contributed by atoms with Crippen LogP contribution in [0.25, 0.3) is 0 Å². The maximum absolute atomic E-state index is 14.4. The Morgan fingerprint density at radius 1 is 1.31 bits per heavy atom. The molecule has 2 atom stereocenters. The van der Waals surface area contributed by atoms with Crippen LogP contribution in [0.4, 0.5) is 8.78 Å². The second kappa shape index (κ2) is 13.0. The maximum atomic E-state index is 14.4. The molecule has 3 amide bonds. The highest BCUT2D eigenvalue weighted by Gasteiger charge is 2.29. The van der Waals surface area contributed by atoms with Gasteiger partial charge in [-0.3, -0.25) is 25.1 Å². The highest BCUT2D eigenvalue weighted by Crippen LogP contribution is 2.29. The molecule has 2 aliphatic rings. The van der Waals surface area contributed by atoms with Crippen LogP contribution in [-0.2, 0) is 16.1 Å². The molecule has 1 fully saturated rings. The van der Waals surface area contributed by atoms with Crippen molar-refractivity contribution >= 4 is 24.1 Å². The van der Waals surface area contributed by atoms with Gasteiger partial charge in [-0.25, -0.2) is 8.78 Å². The lowest BCUT2D eigenvalue weighted by atomic mass is 10.1. The molecule has 2 aromatic rings. The third-order valence-corrected chi connectivity index (χ3v) is 6.42. The number of rotatable bonds is 4. The first-order chi connectivity index (χ1) is 18.6. The number of amidine groups is 1. The minimum Gasteiger partial charge on any atom is -0.494 e. The van der Waals surface area contributed by atoms with Crippen molar-refractivity contribution in [2.45, 2.75) is 26.4 Å². The lowest BCUT2D eigenvalue weighted by Gasteiger charge is -2.36. The summed E-state index contributed by atoms with van der Waals surface area (Å²) in [5.41, 5.74) is 1.50. The van der Waals surface area contributed by atoms with Gasteiger partial charge in [0, 0.05) is 44.8 Å². The average Bonchev–Trinajstić information content (AvgIpc) is 3.21. The molecule has 206 valence electrons. The standard InChI is InChI=1S/C18H21FN4O2.C10H10FNO2/c1-12(18(25)22-11-24)3-4-14-5-6-15(16(19)9-14)17(20)23-8-7-21-10-13(23)2;1-12-5-6-3-4-7(14-2)9(11)8(6)10(12)13/h5-6,9,11-13,20-21H,7-8,10H2,1-2H3,(H,22,24,25);3-4H,5H2,1-2H3. The third kappa shape index (κ3) is 6.78. The van der Waals surface area contributed by atoms with Gasteiger partial charge in [0.1, 0.15) is 11.7 Å². The lowest BCUT2D eigenvalue weighted by Crippen LogP contribution is -2.52. The molecule has 9 nitrogen and oxygen atoms in total. The molecule has 3 N–H and O–H groups in total. The largest absolute Gasteiger partial charge is 0.494 e. The van der Waals surface area contributed by atoms with E-state index in [0.717, 1.165) is 18.7 Å². The molecular weight excluding hydrogens is 508 g/mol. The molecule has 0 aliphatic carbocycles. The second-order valence-electron chi connectivity index (χ2n) is 9.18. The van der Waals surface area contributed by atoms with Gasteiger partial charge in [-0.2, -0.15) is 0 Å². The molecule has 0 saturated carbocycles. The van der Waals surface area contributed by atoms with Crippen LogP contribution in [0.2, 0.25) is 0 Å². The predicted octanol–water partition coefficient (Wildman–Crippen LogP) is 2.12. The van der Waals surface area contributed by atoms with Crippen LogP contribution < -0.4 is 15.4 Å². The number of methoxy groups -OCH3 is 1. The van der Waals surface area contributed by atoms with E-state index in [2.05, 4.69) is 17.2 Å². The monoisotopic (exact) mass is 539 g/mol. The fraction of sp³-hybridized carbons (Fsp3) is 0.357. The lowest BCUT2D eigenvalue weighted by molar-refractivity contribution is -0.126. The zero-order valence-electron chi connectivity index (χ0n) is 22.2. The Labute approximate surface area is 226 Å². The number of nitrogens with zero attached hydrogens (tertiary/aromatic N) is 2. The normalized spacial score (nSPS) is 16.7. The number of amides is 3. The number of piperazine rings is 1. The Kier molecular flexibility index (Phi) is 9.73. The van der Waals surface area contributed by atoms with Gasteiger partial charge in [0.2, 0.25) is 12.3 Å². The summed E-state index contributed by atoms with van der Waals surface area (Å²) in [6.45, 7) is 6.19. The smallest absolute Gasteiger partial charge is 0.257 e. The molecule has 0 bridgehead atoms. The van der Waals surface area contributed by atoms with Gasteiger partial charge in [0.05, 0.1) is 24.2 Å². The van der Waals surface area contributed by atoms with Crippen LogP contribution in [0.15, 0.2) is 30.3 Å². The second-order valence-corrected chi connectivity index (χ2v) is 9.18. The van der Waals surface area contributed by atoms with E-state index in [1.54, 1.807) is 32.2 Å². The molecule has 2 aliphatic heterocycles. The van der Waals surface area contributed by atoms with Crippen LogP contribution in [0.5, 0.6) is 5.75 Å². The van der Waals surface area contributed by atoms with Crippen molar-refractivity contribution in [1.29, 1.82) is 5.41 Å². The van der Waals surface area contributed by atoms with Gasteiger partial charge < -0.3 is 19.9 Å².